The molecule has 2 rings (SSSR count). The van der Waals surface area contributed by atoms with Gasteiger partial charge in [-0.05, 0) is 68.7 Å². The van der Waals surface area contributed by atoms with Crippen molar-refractivity contribution in [1.29, 1.82) is 0 Å². The summed E-state index contributed by atoms with van der Waals surface area (Å²) in [5, 5.41) is 3.70. The van der Waals surface area contributed by atoms with Gasteiger partial charge in [-0.2, -0.15) is 0 Å². The Kier molecular flexibility index (Phi) is 11.5. The van der Waals surface area contributed by atoms with Crippen molar-refractivity contribution in [3.8, 4) is 5.75 Å². The van der Waals surface area contributed by atoms with Gasteiger partial charge < -0.3 is 15.0 Å². The number of carbonyl (C=O) groups is 2. The maximum atomic E-state index is 13.7. The first-order valence-corrected chi connectivity index (χ1v) is 14.8. The Morgan fingerprint density at radius 2 is 1.68 bits per heavy atom. The summed E-state index contributed by atoms with van der Waals surface area (Å²) in [5.41, 5.74) is 0.891. The van der Waals surface area contributed by atoms with Gasteiger partial charge in [0.25, 0.3) is 0 Å². The largest absolute Gasteiger partial charge is 0.494 e. The molecule has 0 aromatic heterocycles. The number of amides is 2. The highest BCUT2D eigenvalue weighted by Gasteiger charge is 2.32. The number of nitrogens with zero attached hydrogens (tertiary/aromatic N) is 2. The molecule has 0 bridgehead atoms. The van der Waals surface area contributed by atoms with E-state index >= 15 is 0 Å². The number of hydrogen-bond acceptors (Lipinski definition) is 5. The lowest BCUT2D eigenvalue weighted by atomic mass is 10.1. The van der Waals surface area contributed by atoms with E-state index in [-0.39, 0.29) is 18.5 Å². The lowest BCUT2D eigenvalue weighted by Crippen LogP contribution is -2.53. The number of anilines is 1. The van der Waals surface area contributed by atoms with Gasteiger partial charge >= 0.3 is 0 Å². The topological polar surface area (TPSA) is 96.0 Å². The fraction of sp³-hybridized carbons (Fsp3) is 0.462. The number of carbonyl (C=O) groups excluding carboxylic acids is 2. The third-order valence-corrected chi connectivity index (χ3v) is 7.59. The average Bonchev–Trinajstić information content (AvgIpc) is 2.83. The zero-order valence-electron chi connectivity index (χ0n) is 21.8. The first-order valence-electron chi connectivity index (χ1n) is 12.2. The van der Waals surface area contributed by atoms with Gasteiger partial charge in [-0.15, -0.1) is 0 Å². The molecular formula is C26H35Cl2N3O5S. The Labute approximate surface area is 229 Å². The number of nitrogens with one attached hydrogen (secondary N) is 1. The van der Waals surface area contributed by atoms with Crippen LogP contribution >= 0.6 is 23.2 Å². The summed E-state index contributed by atoms with van der Waals surface area (Å²) in [6.07, 6.45) is 2.07. The SMILES string of the molecule is CCOc1ccc(N(CC(=O)N(Cc2ccc(Cl)cc2Cl)[C@H](CC)C(=O)N[C@H](C)CC)S(C)(=O)=O)cc1. The van der Waals surface area contributed by atoms with E-state index < -0.39 is 28.5 Å². The second-order valence-corrected chi connectivity index (χ2v) is 11.4. The predicted molar refractivity (Wildman–Crippen MR) is 149 cm³/mol. The van der Waals surface area contributed by atoms with Gasteiger partial charge in [0, 0.05) is 22.6 Å². The van der Waals surface area contributed by atoms with Gasteiger partial charge in [0.1, 0.15) is 18.3 Å². The van der Waals surface area contributed by atoms with Crippen molar-refractivity contribution in [3.63, 3.8) is 0 Å². The van der Waals surface area contributed by atoms with Gasteiger partial charge in [0.2, 0.25) is 21.8 Å². The summed E-state index contributed by atoms with van der Waals surface area (Å²) >= 11 is 12.4. The fourth-order valence-corrected chi connectivity index (χ4v) is 5.00. The molecule has 0 aliphatic rings. The van der Waals surface area contributed by atoms with Crippen LogP contribution in [0.2, 0.25) is 10.0 Å². The van der Waals surface area contributed by atoms with Crippen molar-refractivity contribution in [1.82, 2.24) is 10.2 Å². The number of sulfonamides is 1. The van der Waals surface area contributed by atoms with E-state index in [4.69, 9.17) is 27.9 Å². The van der Waals surface area contributed by atoms with Crippen molar-refractivity contribution in [2.75, 3.05) is 23.7 Å². The molecule has 0 unspecified atom stereocenters. The Bertz CT molecular complexity index is 1180. The monoisotopic (exact) mass is 571 g/mol. The number of rotatable bonds is 13. The molecule has 0 heterocycles. The summed E-state index contributed by atoms with van der Waals surface area (Å²) in [5.74, 6) is -0.281. The predicted octanol–water partition coefficient (Wildman–Crippen LogP) is 4.88. The van der Waals surface area contributed by atoms with Crippen molar-refractivity contribution in [2.24, 2.45) is 0 Å². The van der Waals surface area contributed by atoms with Gasteiger partial charge in [-0.1, -0.05) is 43.1 Å². The number of hydrogen-bond donors (Lipinski definition) is 1. The van der Waals surface area contributed by atoms with Crippen LogP contribution in [0.1, 0.15) is 46.1 Å². The summed E-state index contributed by atoms with van der Waals surface area (Å²) in [6, 6.07) is 10.4. The van der Waals surface area contributed by atoms with Gasteiger partial charge in [0.15, 0.2) is 0 Å². The summed E-state index contributed by atoms with van der Waals surface area (Å²) in [4.78, 5) is 28.3. The number of benzene rings is 2. The summed E-state index contributed by atoms with van der Waals surface area (Å²) in [6.45, 7) is 7.44. The normalized spacial score (nSPS) is 12.9. The molecule has 0 aliphatic heterocycles. The Morgan fingerprint density at radius 1 is 1.03 bits per heavy atom. The maximum Gasteiger partial charge on any atom is 0.244 e. The molecule has 2 aromatic carbocycles. The maximum absolute atomic E-state index is 13.7. The van der Waals surface area contributed by atoms with E-state index in [9.17, 15) is 18.0 Å². The van der Waals surface area contributed by atoms with E-state index in [1.165, 1.54) is 4.90 Å². The van der Waals surface area contributed by atoms with Crippen LogP contribution in [0.3, 0.4) is 0 Å². The Balaban J connectivity index is 2.45. The molecule has 11 heteroatoms. The van der Waals surface area contributed by atoms with Crippen LogP contribution in [0.4, 0.5) is 5.69 Å². The van der Waals surface area contributed by atoms with E-state index in [0.717, 1.165) is 17.0 Å². The van der Waals surface area contributed by atoms with Gasteiger partial charge in [-0.25, -0.2) is 8.42 Å². The summed E-state index contributed by atoms with van der Waals surface area (Å²) < 4.78 is 31.9. The molecule has 0 saturated heterocycles. The zero-order valence-corrected chi connectivity index (χ0v) is 24.2. The van der Waals surface area contributed by atoms with Gasteiger partial charge in [0.05, 0.1) is 18.6 Å². The Hall–Kier alpha value is -2.49. The van der Waals surface area contributed by atoms with Crippen LogP contribution < -0.4 is 14.4 Å². The molecule has 0 aliphatic carbocycles. The number of ether oxygens (including phenoxy) is 1. The molecule has 1 N–H and O–H groups in total. The lowest BCUT2D eigenvalue weighted by Gasteiger charge is -2.33. The molecule has 0 radical (unpaired) electrons. The molecule has 37 heavy (non-hydrogen) atoms. The van der Waals surface area contributed by atoms with E-state index in [0.29, 0.717) is 40.1 Å². The highest BCUT2D eigenvalue weighted by Crippen LogP contribution is 2.26. The fourth-order valence-electron chi connectivity index (χ4n) is 3.68. The quantitative estimate of drug-likeness (QED) is 0.369. The standard InChI is InChI=1S/C26H35Cl2N3O5S/c1-6-18(4)29-26(33)24(7-2)30(16-19-9-10-20(27)15-23(19)28)25(32)17-31(37(5,34)35)21-11-13-22(14-12-21)36-8-3/h9-15,18,24H,6-8,16-17H2,1-5H3,(H,29,33)/t18-,24-/m1/s1. The highest BCUT2D eigenvalue weighted by molar-refractivity contribution is 7.92. The smallest absolute Gasteiger partial charge is 0.244 e. The molecule has 2 aromatic rings. The van der Waals surface area contributed by atoms with Crippen molar-refractivity contribution in [2.45, 2.75) is 59.2 Å². The lowest BCUT2D eigenvalue weighted by molar-refractivity contribution is -0.140. The van der Waals surface area contributed by atoms with E-state index in [1.807, 2.05) is 20.8 Å². The molecule has 0 spiro atoms. The zero-order chi connectivity index (χ0) is 27.8. The molecule has 0 saturated carbocycles. The second kappa shape index (κ2) is 13.9. The Morgan fingerprint density at radius 3 is 2.19 bits per heavy atom. The molecular weight excluding hydrogens is 537 g/mol. The molecule has 2 atom stereocenters. The highest BCUT2D eigenvalue weighted by atomic mass is 35.5. The third kappa shape index (κ3) is 8.79. The molecule has 204 valence electrons. The van der Waals surface area contributed by atoms with Crippen LogP contribution in [-0.4, -0.2) is 56.6 Å². The van der Waals surface area contributed by atoms with Crippen molar-refractivity contribution < 1.29 is 22.7 Å². The van der Waals surface area contributed by atoms with Crippen molar-refractivity contribution in [3.05, 3.63) is 58.1 Å². The first-order chi connectivity index (χ1) is 17.4. The van der Waals surface area contributed by atoms with Crippen LogP contribution in [0.5, 0.6) is 5.75 Å². The second-order valence-electron chi connectivity index (χ2n) is 8.70. The van der Waals surface area contributed by atoms with Crippen LogP contribution in [0.15, 0.2) is 42.5 Å². The minimum Gasteiger partial charge on any atom is -0.494 e. The average molecular weight is 573 g/mol. The molecule has 0 fully saturated rings. The van der Waals surface area contributed by atoms with E-state index in [1.54, 1.807) is 49.4 Å². The minimum absolute atomic E-state index is 0.00213. The first kappa shape index (κ1) is 30.7. The van der Waals surface area contributed by atoms with E-state index in [2.05, 4.69) is 5.32 Å². The van der Waals surface area contributed by atoms with Crippen LogP contribution in [-0.2, 0) is 26.2 Å². The minimum atomic E-state index is -3.83. The molecule has 2 amide bonds. The summed E-state index contributed by atoms with van der Waals surface area (Å²) in [7, 11) is -3.83. The van der Waals surface area contributed by atoms with Crippen LogP contribution in [0.25, 0.3) is 0 Å². The number of halogens is 2. The third-order valence-electron chi connectivity index (χ3n) is 5.86. The van der Waals surface area contributed by atoms with Crippen LogP contribution in [0, 0.1) is 0 Å². The molecule has 8 nitrogen and oxygen atoms in total. The van der Waals surface area contributed by atoms with Gasteiger partial charge in [-0.3, -0.25) is 13.9 Å². The van der Waals surface area contributed by atoms with Crippen molar-refractivity contribution >= 4 is 50.7 Å².